The Morgan fingerprint density at radius 1 is 1.15 bits per heavy atom. The van der Waals surface area contributed by atoms with Gasteiger partial charge in [-0.2, -0.15) is 0 Å². The molecule has 20 heavy (non-hydrogen) atoms. The molecule has 1 saturated carbocycles. The van der Waals surface area contributed by atoms with Crippen LogP contribution in [0.1, 0.15) is 51.5 Å². The molecule has 0 aromatic heterocycles. The average Bonchev–Trinajstić information content (AvgIpc) is 2.50. The minimum absolute atomic E-state index is 0.113. The van der Waals surface area contributed by atoms with Gasteiger partial charge >= 0.3 is 0 Å². The fraction of sp³-hybridized carbons (Fsp3) is 0.625. The molecule has 0 heterocycles. The second-order valence-corrected chi connectivity index (χ2v) is 7.73. The Labute approximate surface area is 128 Å². The monoisotopic (exact) mass is 345 g/mol. The predicted octanol–water partition coefficient (Wildman–Crippen LogP) is 4.96. The van der Waals surface area contributed by atoms with Crippen LogP contribution in [0.4, 0.5) is 8.78 Å². The van der Waals surface area contributed by atoms with Crippen LogP contribution in [0.5, 0.6) is 0 Å². The Hall–Kier alpha value is -0.480. The summed E-state index contributed by atoms with van der Waals surface area (Å²) in [5.41, 5.74) is 6.33. The molecule has 0 radical (unpaired) electrons. The van der Waals surface area contributed by atoms with Gasteiger partial charge in [0.15, 0.2) is 0 Å². The molecule has 1 aromatic carbocycles. The van der Waals surface area contributed by atoms with Crippen LogP contribution >= 0.6 is 15.9 Å². The van der Waals surface area contributed by atoms with Crippen molar-refractivity contribution in [2.75, 3.05) is 0 Å². The quantitative estimate of drug-likeness (QED) is 0.595. The zero-order valence-electron chi connectivity index (χ0n) is 12.1. The Kier molecular flexibility index (Phi) is 4.55. The van der Waals surface area contributed by atoms with Crippen molar-refractivity contribution < 1.29 is 8.78 Å². The highest BCUT2D eigenvalue weighted by molar-refractivity contribution is 9.10. The van der Waals surface area contributed by atoms with Gasteiger partial charge in [0.25, 0.3) is 0 Å². The first-order valence-corrected chi connectivity index (χ1v) is 7.93. The Bertz CT molecular complexity index is 501. The van der Waals surface area contributed by atoms with Gasteiger partial charge in [-0.1, -0.05) is 20.3 Å². The molecule has 0 aliphatic heterocycles. The summed E-state index contributed by atoms with van der Waals surface area (Å²) in [5, 5.41) is 0. The van der Waals surface area contributed by atoms with Crippen molar-refractivity contribution in [1.29, 1.82) is 0 Å². The fourth-order valence-electron chi connectivity index (χ4n) is 3.02. The first-order valence-electron chi connectivity index (χ1n) is 7.14. The zero-order chi connectivity index (χ0) is 15.0. The molecule has 0 spiro atoms. The van der Waals surface area contributed by atoms with Crippen LogP contribution in [-0.4, -0.2) is 5.54 Å². The van der Waals surface area contributed by atoms with E-state index in [1.54, 1.807) is 0 Å². The number of benzene rings is 1. The summed E-state index contributed by atoms with van der Waals surface area (Å²) in [6, 6.07) is 2.69. The molecule has 1 aromatic rings. The molecule has 112 valence electrons. The van der Waals surface area contributed by atoms with E-state index in [0.717, 1.165) is 32.1 Å². The normalized spacial score (nSPS) is 26.3. The summed E-state index contributed by atoms with van der Waals surface area (Å²) in [6.45, 7) is 4.47. The lowest BCUT2D eigenvalue weighted by atomic mass is 9.81. The van der Waals surface area contributed by atoms with Crippen LogP contribution in [0.15, 0.2) is 16.6 Å². The van der Waals surface area contributed by atoms with Gasteiger partial charge in [-0.15, -0.1) is 0 Å². The number of hydrogen-bond donors (Lipinski definition) is 1. The Morgan fingerprint density at radius 3 is 2.55 bits per heavy atom. The number of rotatable bonds is 2. The maximum Gasteiger partial charge on any atom is 0.143 e. The standard InChI is InChI=1S/C16H22BrF2N/c1-15(2)6-3-7-16(20,9-8-15)10-11-13(18)5-4-12(17)14(11)19/h4-5H,3,6-10,20H2,1-2H3. The summed E-state index contributed by atoms with van der Waals surface area (Å²) in [4.78, 5) is 0. The highest BCUT2D eigenvalue weighted by Gasteiger charge is 2.34. The molecule has 1 nitrogen and oxygen atoms in total. The Balaban J connectivity index is 2.23. The average molecular weight is 346 g/mol. The number of halogens is 3. The maximum absolute atomic E-state index is 14.1. The summed E-state index contributed by atoms with van der Waals surface area (Å²) in [7, 11) is 0. The molecule has 0 amide bonds. The molecule has 0 bridgehead atoms. The van der Waals surface area contributed by atoms with Gasteiger partial charge in [0, 0.05) is 11.1 Å². The highest BCUT2D eigenvalue weighted by atomic mass is 79.9. The molecular weight excluding hydrogens is 324 g/mol. The number of hydrogen-bond acceptors (Lipinski definition) is 1. The second-order valence-electron chi connectivity index (χ2n) is 6.88. The van der Waals surface area contributed by atoms with Gasteiger partial charge in [-0.3, -0.25) is 0 Å². The molecule has 2 rings (SSSR count). The summed E-state index contributed by atoms with van der Waals surface area (Å²) in [6.07, 6.45) is 5.03. The van der Waals surface area contributed by atoms with Gasteiger partial charge < -0.3 is 5.73 Å². The molecule has 1 fully saturated rings. The molecule has 1 atom stereocenters. The highest BCUT2D eigenvalue weighted by Crippen LogP contribution is 2.39. The van der Waals surface area contributed by atoms with Crippen LogP contribution in [0.25, 0.3) is 0 Å². The molecule has 1 aliphatic carbocycles. The molecule has 2 N–H and O–H groups in total. The van der Waals surface area contributed by atoms with E-state index >= 15 is 0 Å². The van der Waals surface area contributed by atoms with Gasteiger partial charge in [-0.05, 0) is 65.6 Å². The summed E-state index contributed by atoms with van der Waals surface area (Å²) in [5.74, 6) is -1.02. The van der Waals surface area contributed by atoms with Crippen LogP contribution in [0, 0.1) is 17.0 Å². The van der Waals surface area contributed by atoms with Crippen LogP contribution in [-0.2, 0) is 6.42 Å². The fourth-order valence-corrected chi connectivity index (χ4v) is 3.39. The van der Waals surface area contributed by atoms with Gasteiger partial charge in [0.1, 0.15) is 11.6 Å². The van der Waals surface area contributed by atoms with E-state index in [1.807, 2.05) is 0 Å². The predicted molar refractivity (Wildman–Crippen MR) is 81.5 cm³/mol. The first-order chi connectivity index (χ1) is 9.22. The lowest BCUT2D eigenvalue weighted by Crippen LogP contribution is -2.42. The topological polar surface area (TPSA) is 26.0 Å². The largest absolute Gasteiger partial charge is 0.325 e. The van der Waals surface area contributed by atoms with Crippen molar-refractivity contribution in [2.24, 2.45) is 11.1 Å². The van der Waals surface area contributed by atoms with Crippen molar-refractivity contribution in [3.8, 4) is 0 Å². The van der Waals surface area contributed by atoms with E-state index in [2.05, 4.69) is 29.8 Å². The summed E-state index contributed by atoms with van der Waals surface area (Å²) >= 11 is 3.11. The number of nitrogens with two attached hydrogens (primary N) is 1. The van der Waals surface area contributed by atoms with Crippen molar-refractivity contribution >= 4 is 15.9 Å². The minimum Gasteiger partial charge on any atom is -0.325 e. The Morgan fingerprint density at radius 2 is 1.85 bits per heavy atom. The smallest absolute Gasteiger partial charge is 0.143 e. The van der Waals surface area contributed by atoms with E-state index in [4.69, 9.17) is 5.73 Å². The SMILES string of the molecule is CC1(C)CCCC(N)(Cc2c(F)ccc(Br)c2F)CC1. The van der Waals surface area contributed by atoms with E-state index in [1.165, 1.54) is 12.1 Å². The summed E-state index contributed by atoms with van der Waals surface area (Å²) < 4.78 is 28.3. The first kappa shape index (κ1) is 15.9. The van der Waals surface area contributed by atoms with E-state index < -0.39 is 17.2 Å². The van der Waals surface area contributed by atoms with E-state index in [9.17, 15) is 8.78 Å². The minimum atomic E-state index is -0.515. The van der Waals surface area contributed by atoms with Crippen LogP contribution < -0.4 is 5.73 Å². The zero-order valence-corrected chi connectivity index (χ0v) is 13.7. The molecule has 1 unspecified atom stereocenters. The van der Waals surface area contributed by atoms with Crippen molar-refractivity contribution in [2.45, 2.75) is 57.9 Å². The van der Waals surface area contributed by atoms with Crippen molar-refractivity contribution in [1.82, 2.24) is 0 Å². The second kappa shape index (κ2) is 5.72. The van der Waals surface area contributed by atoms with Crippen molar-refractivity contribution in [3.63, 3.8) is 0 Å². The van der Waals surface area contributed by atoms with Crippen LogP contribution in [0.3, 0.4) is 0 Å². The van der Waals surface area contributed by atoms with E-state index in [0.29, 0.717) is 4.47 Å². The third kappa shape index (κ3) is 3.59. The lowest BCUT2D eigenvalue weighted by Gasteiger charge is -2.29. The van der Waals surface area contributed by atoms with Gasteiger partial charge in [0.05, 0.1) is 4.47 Å². The third-order valence-corrected chi connectivity index (χ3v) is 5.11. The lowest BCUT2D eigenvalue weighted by molar-refractivity contribution is 0.295. The third-order valence-electron chi connectivity index (χ3n) is 4.50. The molecule has 0 saturated heterocycles. The molecule has 4 heteroatoms. The maximum atomic E-state index is 14.1. The molecular formula is C16H22BrF2N. The van der Waals surface area contributed by atoms with Gasteiger partial charge in [-0.25, -0.2) is 8.78 Å². The molecule has 1 aliphatic rings. The van der Waals surface area contributed by atoms with Crippen molar-refractivity contribution in [3.05, 3.63) is 33.8 Å². The van der Waals surface area contributed by atoms with Crippen LogP contribution in [0.2, 0.25) is 0 Å². The van der Waals surface area contributed by atoms with Gasteiger partial charge in [0.2, 0.25) is 0 Å². The van der Waals surface area contributed by atoms with E-state index in [-0.39, 0.29) is 17.4 Å².